The van der Waals surface area contributed by atoms with Gasteiger partial charge in [-0.25, -0.2) is 4.98 Å². The third-order valence-corrected chi connectivity index (χ3v) is 3.37. The van der Waals surface area contributed by atoms with Crippen LogP contribution in [0.5, 0.6) is 5.75 Å². The monoisotopic (exact) mass is 348 g/mol. The molecule has 0 bridgehead atoms. The minimum absolute atomic E-state index is 0.0870. The summed E-state index contributed by atoms with van der Waals surface area (Å²) in [6.07, 6.45) is 0.769. The average molecular weight is 349 g/mol. The number of amides is 1. The van der Waals surface area contributed by atoms with Crippen LogP contribution in [0.25, 0.3) is 0 Å². The summed E-state index contributed by atoms with van der Waals surface area (Å²) in [6, 6.07) is 15.0. The number of nitrogens with zero attached hydrogens (tertiary/aromatic N) is 2. The highest BCUT2D eigenvalue weighted by Gasteiger charge is 2.12. The Bertz CT molecular complexity index is 590. The van der Waals surface area contributed by atoms with Crippen LogP contribution in [0.1, 0.15) is 16.9 Å². The summed E-state index contributed by atoms with van der Waals surface area (Å²) in [5.41, 5.74) is 0.441. The molecule has 0 aliphatic rings. The van der Waals surface area contributed by atoms with Gasteiger partial charge in [0.2, 0.25) is 0 Å². The van der Waals surface area contributed by atoms with Gasteiger partial charge in [-0.3, -0.25) is 4.79 Å². The molecule has 5 heteroatoms. The van der Waals surface area contributed by atoms with E-state index < -0.39 is 0 Å². The predicted molar refractivity (Wildman–Crippen MR) is 85.5 cm³/mol. The summed E-state index contributed by atoms with van der Waals surface area (Å²) in [6.45, 7) is 1.20. The first-order valence-corrected chi connectivity index (χ1v) is 7.52. The number of para-hydroxylation sites is 1. The standard InChI is InChI=1S/C16H17BrN2O2/c1-19(16(20)14-9-5-10-15(17)18-14)11-6-12-21-13-7-3-2-4-8-13/h2-5,7-10H,6,11-12H2,1H3. The number of hydrogen-bond acceptors (Lipinski definition) is 3. The van der Waals surface area contributed by atoms with Crippen molar-refractivity contribution in [3.8, 4) is 5.75 Å². The summed E-state index contributed by atoms with van der Waals surface area (Å²) < 4.78 is 6.26. The van der Waals surface area contributed by atoms with Crippen LogP contribution in [0.3, 0.4) is 0 Å². The van der Waals surface area contributed by atoms with Gasteiger partial charge in [0.1, 0.15) is 16.0 Å². The number of ether oxygens (including phenoxy) is 1. The fraction of sp³-hybridized carbons (Fsp3) is 0.250. The number of benzene rings is 1. The van der Waals surface area contributed by atoms with E-state index in [1.807, 2.05) is 30.3 Å². The largest absolute Gasteiger partial charge is 0.494 e. The molecule has 110 valence electrons. The van der Waals surface area contributed by atoms with Gasteiger partial charge in [0, 0.05) is 13.6 Å². The molecule has 2 rings (SSSR count). The third kappa shape index (κ3) is 4.86. The predicted octanol–water partition coefficient (Wildman–Crippen LogP) is 3.39. The Kier molecular flexibility index (Phi) is 5.75. The molecule has 0 atom stereocenters. The maximum atomic E-state index is 12.2. The highest BCUT2D eigenvalue weighted by molar-refractivity contribution is 9.10. The second-order valence-corrected chi connectivity index (χ2v) is 5.40. The number of rotatable bonds is 6. The molecule has 1 aromatic heterocycles. The van der Waals surface area contributed by atoms with Gasteiger partial charge < -0.3 is 9.64 Å². The van der Waals surface area contributed by atoms with Crippen molar-refractivity contribution in [2.75, 3.05) is 20.2 Å². The van der Waals surface area contributed by atoms with Crippen LogP contribution < -0.4 is 4.74 Å². The molecule has 0 N–H and O–H groups in total. The van der Waals surface area contributed by atoms with Crippen molar-refractivity contribution in [1.82, 2.24) is 9.88 Å². The Hall–Kier alpha value is -1.88. The maximum absolute atomic E-state index is 12.2. The summed E-state index contributed by atoms with van der Waals surface area (Å²) in [7, 11) is 1.77. The smallest absolute Gasteiger partial charge is 0.272 e. The quantitative estimate of drug-likeness (QED) is 0.593. The highest BCUT2D eigenvalue weighted by atomic mass is 79.9. The van der Waals surface area contributed by atoms with E-state index >= 15 is 0 Å². The zero-order valence-corrected chi connectivity index (χ0v) is 13.4. The van der Waals surface area contributed by atoms with Crippen LogP contribution in [0.15, 0.2) is 53.1 Å². The maximum Gasteiger partial charge on any atom is 0.272 e. The molecule has 0 radical (unpaired) electrons. The van der Waals surface area contributed by atoms with E-state index in [0.717, 1.165) is 12.2 Å². The van der Waals surface area contributed by atoms with Crippen molar-refractivity contribution in [3.63, 3.8) is 0 Å². The van der Waals surface area contributed by atoms with Crippen LogP contribution in [-0.2, 0) is 0 Å². The van der Waals surface area contributed by atoms with Crippen molar-refractivity contribution in [2.24, 2.45) is 0 Å². The molecule has 0 fully saturated rings. The highest BCUT2D eigenvalue weighted by Crippen LogP contribution is 2.10. The molecule has 4 nitrogen and oxygen atoms in total. The fourth-order valence-corrected chi connectivity index (χ4v) is 2.18. The fourth-order valence-electron chi connectivity index (χ4n) is 1.83. The molecule has 0 spiro atoms. The van der Waals surface area contributed by atoms with Crippen molar-refractivity contribution < 1.29 is 9.53 Å². The van der Waals surface area contributed by atoms with Crippen molar-refractivity contribution in [3.05, 3.63) is 58.8 Å². The Morgan fingerprint density at radius 2 is 1.95 bits per heavy atom. The molecule has 1 aromatic carbocycles. The molecule has 1 heterocycles. The van der Waals surface area contributed by atoms with Gasteiger partial charge >= 0.3 is 0 Å². The van der Waals surface area contributed by atoms with Gasteiger partial charge in [0.15, 0.2) is 0 Å². The number of pyridine rings is 1. The lowest BCUT2D eigenvalue weighted by atomic mass is 10.3. The van der Waals surface area contributed by atoms with E-state index in [2.05, 4.69) is 20.9 Å². The topological polar surface area (TPSA) is 42.4 Å². The van der Waals surface area contributed by atoms with E-state index in [0.29, 0.717) is 23.4 Å². The Balaban J connectivity index is 1.76. The van der Waals surface area contributed by atoms with Gasteiger partial charge in [-0.1, -0.05) is 24.3 Å². The molecule has 2 aromatic rings. The molecule has 0 saturated carbocycles. The number of carbonyl (C=O) groups excluding carboxylic acids is 1. The second-order valence-electron chi connectivity index (χ2n) is 4.59. The third-order valence-electron chi connectivity index (χ3n) is 2.93. The average Bonchev–Trinajstić information content (AvgIpc) is 2.51. The Labute approximate surface area is 132 Å². The number of halogens is 1. The van der Waals surface area contributed by atoms with Crippen molar-refractivity contribution in [2.45, 2.75) is 6.42 Å². The zero-order valence-electron chi connectivity index (χ0n) is 11.8. The van der Waals surface area contributed by atoms with Crippen molar-refractivity contribution >= 4 is 21.8 Å². The van der Waals surface area contributed by atoms with Gasteiger partial charge in [-0.2, -0.15) is 0 Å². The SMILES string of the molecule is CN(CCCOc1ccccc1)C(=O)c1cccc(Br)n1. The minimum Gasteiger partial charge on any atom is -0.494 e. The lowest BCUT2D eigenvalue weighted by Crippen LogP contribution is -2.29. The lowest BCUT2D eigenvalue weighted by Gasteiger charge is -2.16. The van der Waals surface area contributed by atoms with Crippen LogP contribution in [0, 0.1) is 0 Å². The first kappa shape index (κ1) is 15.5. The zero-order chi connectivity index (χ0) is 15.1. The van der Waals surface area contributed by atoms with E-state index in [1.54, 1.807) is 30.1 Å². The first-order chi connectivity index (χ1) is 10.2. The van der Waals surface area contributed by atoms with E-state index in [1.165, 1.54) is 0 Å². The molecule has 0 unspecified atom stereocenters. The lowest BCUT2D eigenvalue weighted by molar-refractivity contribution is 0.0782. The van der Waals surface area contributed by atoms with E-state index in [-0.39, 0.29) is 5.91 Å². The number of aromatic nitrogens is 1. The molecular formula is C16H17BrN2O2. The molecule has 0 saturated heterocycles. The first-order valence-electron chi connectivity index (χ1n) is 6.72. The summed E-state index contributed by atoms with van der Waals surface area (Å²) in [4.78, 5) is 18.0. The molecule has 0 aliphatic heterocycles. The van der Waals surface area contributed by atoms with Gasteiger partial charge in [0.25, 0.3) is 5.91 Å². The molecule has 21 heavy (non-hydrogen) atoms. The van der Waals surface area contributed by atoms with Crippen LogP contribution in [0.2, 0.25) is 0 Å². The molecule has 0 aliphatic carbocycles. The van der Waals surface area contributed by atoms with Crippen molar-refractivity contribution in [1.29, 1.82) is 0 Å². The Morgan fingerprint density at radius 1 is 1.19 bits per heavy atom. The number of hydrogen-bond donors (Lipinski definition) is 0. The van der Waals surface area contributed by atoms with Gasteiger partial charge in [-0.05, 0) is 46.6 Å². The number of carbonyl (C=O) groups is 1. The summed E-state index contributed by atoms with van der Waals surface area (Å²) >= 11 is 3.27. The van der Waals surface area contributed by atoms with Crippen LogP contribution >= 0.6 is 15.9 Å². The Morgan fingerprint density at radius 3 is 2.67 bits per heavy atom. The van der Waals surface area contributed by atoms with Gasteiger partial charge in [0.05, 0.1) is 6.61 Å². The van der Waals surface area contributed by atoms with Gasteiger partial charge in [-0.15, -0.1) is 0 Å². The van der Waals surface area contributed by atoms with E-state index in [9.17, 15) is 4.79 Å². The second kappa shape index (κ2) is 7.78. The molecule has 1 amide bonds. The molecular weight excluding hydrogens is 332 g/mol. The normalized spacial score (nSPS) is 10.2. The minimum atomic E-state index is -0.0870. The van der Waals surface area contributed by atoms with Crippen LogP contribution in [-0.4, -0.2) is 36.0 Å². The summed E-state index contributed by atoms with van der Waals surface area (Å²) in [5.74, 6) is 0.760. The van der Waals surface area contributed by atoms with E-state index in [4.69, 9.17) is 4.74 Å². The summed E-state index contributed by atoms with van der Waals surface area (Å²) in [5, 5.41) is 0. The van der Waals surface area contributed by atoms with Crippen LogP contribution in [0.4, 0.5) is 0 Å².